The predicted octanol–water partition coefficient (Wildman–Crippen LogP) is 6.47. The van der Waals surface area contributed by atoms with Crippen LogP contribution in [0.15, 0.2) is 55.1 Å². The van der Waals surface area contributed by atoms with E-state index in [2.05, 4.69) is 75.9 Å². The molecule has 0 saturated heterocycles. The van der Waals surface area contributed by atoms with Gasteiger partial charge in [0.15, 0.2) is 0 Å². The van der Waals surface area contributed by atoms with Gasteiger partial charge in [-0.1, -0.05) is 93.1 Å². The van der Waals surface area contributed by atoms with E-state index < -0.39 is 0 Å². The minimum Gasteiger partial charge on any atom is -0.0985 e. The van der Waals surface area contributed by atoms with Crippen LogP contribution in [0, 0.1) is 13.8 Å². The summed E-state index contributed by atoms with van der Waals surface area (Å²) in [5.74, 6) is 0. The number of aryl methyl sites for hydroxylation is 3. The van der Waals surface area contributed by atoms with Crippen molar-refractivity contribution in [1.82, 2.24) is 0 Å². The zero-order valence-electron chi connectivity index (χ0n) is 13.6. The van der Waals surface area contributed by atoms with Crippen LogP contribution in [0.3, 0.4) is 0 Å². The van der Waals surface area contributed by atoms with Crippen molar-refractivity contribution < 1.29 is 1.43 Å². The molecule has 2 aromatic carbocycles. The zero-order valence-corrected chi connectivity index (χ0v) is 13.6. The van der Waals surface area contributed by atoms with Gasteiger partial charge in [0.05, 0.1) is 0 Å². The first kappa shape index (κ1) is 18.2. The second-order valence-corrected chi connectivity index (χ2v) is 4.46. The Hall–Kier alpha value is -1.82. The molecule has 0 aliphatic rings. The Kier molecular flexibility index (Phi) is 10.0. The van der Waals surface area contributed by atoms with Gasteiger partial charge in [-0.05, 0) is 31.4 Å². The van der Waals surface area contributed by atoms with E-state index in [4.69, 9.17) is 0 Å². The Morgan fingerprint density at radius 3 is 1.95 bits per heavy atom. The summed E-state index contributed by atoms with van der Waals surface area (Å²) in [4.78, 5) is 0. The summed E-state index contributed by atoms with van der Waals surface area (Å²) >= 11 is 0. The minimum absolute atomic E-state index is 0. The van der Waals surface area contributed by atoms with Crippen molar-refractivity contribution in [3.63, 3.8) is 0 Å². The van der Waals surface area contributed by atoms with E-state index in [-0.39, 0.29) is 1.43 Å². The van der Waals surface area contributed by atoms with Gasteiger partial charge in [0, 0.05) is 1.43 Å². The van der Waals surface area contributed by atoms with Crippen LogP contribution in [-0.4, -0.2) is 0 Å². The average Bonchev–Trinajstić information content (AvgIpc) is 2.51. The average molecular weight is 270 g/mol. The Morgan fingerprint density at radius 1 is 0.950 bits per heavy atom. The molecule has 0 spiro atoms. The second-order valence-electron chi connectivity index (χ2n) is 4.46. The van der Waals surface area contributed by atoms with E-state index in [0.29, 0.717) is 0 Å². The molecule has 0 heteroatoms. The Balaban J connectivity index is 0. The van der Waals surface area contributed by atoms with Gasteiger partial charge in [0.25, 0.3) is 0 Å². The first-order valence-electron chi connectivity index (χ1n) is 7.40. The topological polar surface area (TPSA) is 0 Å². The maximum atomic E-state index is 3.66. The van der Waals surface area contributed by atoms with Crippen molar-refractivity contribution in [2.45, 2.75) is 41.0 Å². The largest absolute Gasteiger partial charge is 0.0985 e. The monoisotopic (exact) mass is 270 g/mol. The summed E-state index contributed by atoms with van der Waals surface area (Å²) < 4.78 is 0. The molecule has 0 fully saturated rings. The highest BCUT2D eigenvalue weighted by atomic mass is 13.9. The standard InChI is InChI=1S/C9H10.C9H12.C2H6.H2/c1-3-9-6-4-8(2)5-7-9;1-3-9-6-4-5-8(2)7-9;1-2;/h3-7H,1H2,2H3;4-7H,3H2,1-2H3;1-2H3;1H. The van der Waals surface area contributed by atoms with Crippen LogP contribution in [0.5, 0.6) is 0 Å². The maximum Gasteiger partial charge on any atom is 0 e. The number of hydrogen-bond acceptors (Lipinski definition) is 0. The summed E-state index contributed by atoms with van der Waals surface area (Å²) in [5.41, 5.74) is 5.26. The van der Waals surface area contributed by atoms with Crippen LogP contribution in [0.1, 0.15) is 44.5 Å². The zero-order chi connectivity index (χ0) is 15.4. The third-order valence-corrected chi connectivity index (χ3v) is 2.80. The number of hydrogen-bond donors (Lipinski definition) is 0. The van der Waals surface area contributed by atoms with E-state index in [0.717, 1.165) is 6.42 Å². The van der Waals surface area contributed by atoms with Crippen LogP contribution in [0.2, 0.25) is 0 Å². The number of benzene rings is 2. The first-order chi connectivity index (χ1) is 9.65. The first-order valence-corrected chi connectivity index (χ1v) is 7.40. The maximum absolute atomic E-state index is 3.66. The molecular weight excluding hydrogens is 240 g/mol. The van der Waals surface area contributed by atoms with Crippen molar-refractivity contribution in [1.29, 1.82) is 0 Å². The summed E-state index contributed by atoms with van der Waals surface area (Å²) in [7, 11) is 0. The lowest BCUT2D eigenvalue weighted by molar-refractivity contribution is 1.13. The third kappa shape index (κ3) is 7.58. The molecule has 0 aromatic heterocycles. The van der Waals surface area contributed by atoms with Gasteiger partial charge in [0.1, 0.15) is 0 Å². The smallest absolute Gasteiger partial charge is 0 e. The van der Waals surface area contributed by atoms with Crippen LogP contribution < -0.4 is 0 Å². The lowest BCUT2D eigenvalue weighted by Crippen LogP contribution is -1.78. The molecule has 110 valence electrons. The van der Waals surface area contributed by atoms with Crippen molar-refractivity contribution >= 4 is 6.08 Å². The molecule has 0 amide bonds. The summed E-state index contributed by atoms with van der Waals surface area (Å²) in [5, 5.41) is 0. The molecule has 0 N–H and O–H groups in total. The number of rotatable bonds is 2. The lowest BCUT2D eigenvalue weighted by atomic mass is 10.1. The van der Waals surface area contributed by atoms with Gasteiger partial charge in [-0.15, -0.1) is 0 Å². The molecule has 0 bridgehead atoms. The minimum atomic E-state index is 0. The quantitative estimate of drug-likeness (QED) is 0.587. The highest BCUT2D eigenvalue weighted by Gasteiger charge is 1.86. The normalized spacial score (nSPS) is 8.65. The molecule has 2 rings (SSSR count). The molecule has 20 heavy (non-hydrogen) atoms. The fraction of sp³-hybridized carbons (Fsp3) is 0.300. The van der Waals surface area contributed by atoms with Crippen LogP contribution in [-0.2, 0) is 6.42 Å². The molecule has 0 unspecified atom stereocenters. The molecule has 0 aliphatic heterocycles. The molecule has 0 atom stereocenters. The molecule has 0 heterocycles. The molecule has 0 saturated carbocycles. The SMILES string of the molecule is C=Cc1ccc(C)cc1.CC.CCc1cccc(C)c1.[HH]. The van der Waals surface area contributed by atoms with Crippen molar-refractivity contribution in [2.24, 2.45) is 0 Å². The van der Waals surface area contributed by atoms with E-state index in [1.54, 1.807) is 0 Å². The van der Waals surface area contributed by atoms with Gasteiger partial charge in [-0.2, -0.15) is 0 Å². The molecule has 2 aromatic rings. The Morgan fingerprint density at radius 2 is 1.55 bits per heavy atom. The Labute approximate surface area is 126 Å². The van der Waals surface area contributed by atoms with Gasteiger partial charge in [0.2, 0.25) is 0 Å². The summed E-state index contributed by atoms with van der Waals surface area (Å²) in [6, 6.07) is 16.9. The van der Waals surface area contributed by atoms with Crippen molar-refractivity contribution in [2.75, 3.05) is 0 Å². The van der Waals surface area contributed by atoms with Crippen LogP contribution in [0.25, 0.3) is 6.08 Å². The van der Waals surface area contributed by atoms with Crippen LogP contribution >= 0.6 is 0 Å². The fourth-order valence-electron chi connectivity index (χ4n) is 1.63. The summed E-state index contributed by atoms with van der Waals surface area (Å²) in [6.07, 6.45) is 2.99. The van der Waals surface area contributed by atoms with E-state index in [1.165, 1.54) is 22.3 Å². The van der Waals surface area contributed by atoms with E-state index in [9.17, 15) is 0 Å². The third-order valence-electron chi connectivity index (χ3n) is 2.80. The van der Waals surface area contributed by atoms with Crippen molar-refractivity contribution in [3.8, 4) is 0 Å². The second kappa shape index (κ2) is 11.0. The highest BCUT2D eigenvalue weighted by molar-refractivity contribution is 5.46. The van der Waals surface area contributed by atoms with Gasteiger partial charge in [-0.3, -0.25) is 0 Å². The molecule has 0 aliphatic carbocycles. The van der Waals surface area contributed by atoms with Crippen molar-refractivity contribution in [3.05, 3.63) is 77.4 Å². The molecule has 0 nitrogen and oxygen atoms in total. The van der Waals surface area contributed by atoms with Crippen LogP contribution in [0.4, 0.5) is 0 Å². The highest BCUT2D eigenvalue weighted by Crippen LogP contribution is 2.03. The molecular formula is C20H30. The lowest BCUT2D eigenvalue weighted by Gasteiger charge is -1.95. The Bertz CT molecular complexity index is 483. The van der Waals surface area contributed by atoms with E-state index in [1.807, 2.05) is 19.9 Å². The van der Waals surface area contributed by atoms with Gasteiger partial charge < -0.3 is 0 Å². The van der Waals surface area contributed by atoms with E-state index >= 15 is 0 Å². The molecule has 0 radical (unpaired) electrons. The predicted molar refractivity (Wildman–Crippen MR) is 95.3 cm³/mol. The van der Waals surface area contributed by atoms with Gasteiger partial charge in [-0.25, -0.2) is 0 Å². The summed E-state index contributed by atoms with van der Waals surface area (Å²) in [6.45, 7) is 14.0. The van der Waals surface area contributed by atoms with Gasteiger partial charge >= 0.3 is 0 Å². The fourth-order valence-corrected chi connectivity index (χ4v) is 1.63.